The second kappa shape index (κ2) is 21.7. The third kappa shape index (κ3) is 12.2. The van der Waals surface area contributed by atoms with Crippen LogP contribution in [-0.2, 0) is 35.1 Å². The number of nitro groups is 1. The van der Waals surface area contributed by atoms with E-state index in [0.29, 0.717) is 31.4 Å². The molecule has 0 spiro atoms. The normalized spacial score (nSPS) is 18.8. The molecule has 0 radical (unpaired) electrons. The van der Waals surface area contributed by atoms with E-state index in [2.05, 4.69) is 16.7 Å². The van der Waals surface area contributed by atoms with Gasteiger partial charge in [0, 0.05) is 46.0 Å². The van der Waals surface area contributed by atoms with Crippen molar-refractivity contribution in [2.24, 2.45) is 17.8 Å². The van der Waals surface area contributed by atoms with Crippen LogP contribution in [0.5, 0.6) is 0 Å². The van der Waals surface area contributed by atoms with Gasteiger partial charge < -0.3 is 29.9 Å². The molecule has 1 aromatic carbocycles. The second-order valence-corrected chi connectivity index (χ2v) is 15.2. The monoisotopic (exact) mass is 757 g/mol. The lowest BCUT2D eigenvalue weighted by molar-refractivity contribution is -0.384. The number of nitriles is 1. The molecule has 2 N–H and O–H groups in total. The Hall–Kier alpha value is -4.13. The summed E-state index contributed by atoms with van der Waals surface area (Å²) in [6.45, 7) is 11.8. The Morgan fingerprint density at radius 3 is 2.26 bits per heavy atom. The SMILES string of the molecule is CC[C@H](C)[C@@H]([C@@H](CC(=O)N1CCC[C@H]1[C@H](OC)[C@@H](C)C(=O)N[C@H](CC#N)Cc1cccc([N+](=O)[O-])c1)OC)N(C)C(=O)C(NC(=O)[C@H](C)N(C)C)C(C)C. The van der Waals surface area contributed by atoms with Crippen molar-refractivity contribution in [3.8, 4) is 6.07 Å². The van der Waals surface area contributed by atoms with Gasteiger partial charge in [-0.15, -0.1) is 0 Å². The van der Waals surface area contributed by atoms with E-state index in [1.54, 1.807) is 61.8 Å². The molecule has 1 heterocycles. The average Bonchev–Trinajstić information content (AvgIpc) is 3.62. The van der Waals surface area contributed by atoms with Crippen molar-refractivity contribution in [3.05, 3.63) is 39.9 Å². The molecule has 0 aliphatic carbocycles. The molecule has 4 amide bonds. The van der Waals surface area contributed by atoms with Crippen LogP contribution >= 0.6 is 0 Å². The Morgan fingerprint density at radius 1 is 1.06 bits per heavy atom. The van der Waals surface area contributed by atoms with Gasteiger partial charge in [-0.1, -0.05) is 53.2 Å². The highest BCUT2D eigenvalue weighted by Gasteiger charge is 2.43. The fraction of sp³-hybridized carbons (Fsp3) is 0.718. The second-order valence-electron chi connectivity index (χ2n) is 15.2. The Kier molecular flexibility index (Phi) is 18.5. The highest BCUT2D eigenvalue weighted by Crippen LogP contribution is 2.30. The zero-order valence-corrected chi connectivity index (χ0v) is 34.0. The molecule has 9 atom stereocenters. The van der Waals surface area contributed by atoms with Gasteiger partial charge in [-0.3, -0.25) is 34.2 Å². The number of methoxy groups -OCH3 is 2. The van der Waals surface area contributed by atoms with Crippen LogP contribution in [0.1, 0.15) is 79.2 Å². The van der Waals surface area contributed by atoms with E-state index >= 15 is 0 Å². The largest absolute Gasteiger partial charge is 0.379 e. The molecule has 1 unspecified atom stereocenters. The minimum absolute atomic E-state index is 0.000956. The van der Waals surface area contributed by atoms with Crippen LogP contribution in [-0.4, -0.2) is 128 Å². The Labute approximate surface area is 321 Å². The van der Waals surface area contributed by atoms with Crippen molar-refractivity contribution < 1.29 is 33.6 Å². The Balaban J connectivity index is 2.26. The highest BCUT2D eigenvalue weighted by molar-refractivity contribution is 5.90. The third-order valence-corrected chi connectivity index (χ3v) is 10.9. The highest BCUT2D eigenvalue weighted by atomic mass is 16.6. The standard InChI is InChI=1S/C39H63N7O8/c1-12-25(4)35(44(9)39(50)34(24(2)3)42-38(49)27(6)43(7)8)32(53-10)23-33(47)45-20-14-17-31(45)36(54-11)26(5)37(48)41-29(18-19-40)21-28-15-13-16-30(22-28)46(51)52/h13,15-16,22,24-27,29,31-32,34-36H,12,14,17-18,20-21,23H2,1-11H3,(H,41,48)(H,42,49)/t25-,26+,27-,29+,31-,32+,34?,35-,36+/m0/s1. The maximum absolute atomic E-state index is 14.2. The lowest BCUT2D eigenvalue weighted by Crippen LogP contribution is -2.59. The van der Waals surface area contributed by atoms with Crippen molar-refractivity contribution in [2.75, 3.05) is 41.9 Å². The van der Waals surface area contributed by atoms with Crippen LogP contribution in [0.3, 0.4) is 0 Å². The maximum Gasteiger partial charge on any atom is 0.269 e. The molecule has 54 heavy (non-hydrogen) atoms. The van der Waals surface area contributed by atoms with Gasteiger partial charge in [0.15, 0.2) is 0 Å². The molecule has 1 aromatic rings. The average molecular weight is 758 g/mol. The molecule has 2 rings (SSSR count). The Bertz CT molecular complexity index is 1470. The van der Waals surface area contributed by atoms with Crippen LogP contribution < -0.4 is 10.6 Å². The van der Waals surface area contributed by atoms with E-state index in [-0.39, 0.29) is 60.4 Å². The topological polar surface area (TPSA) is 187 Å². The number of likely N-dealkylation sites (N-methyl/N-ethyl adjacent to an activating group) is 2. The molecule has 1 fully saturated rings. The number of nitro benzene ring substituents is 1. The summed E-state index contributed by atoms with van der Waals surface area (Å²) in [6, 6.07) is 5.50. The number of amides is 4. The number of hydrogen-bond donors (Lipinski definition) is 2. The zero-order chi connectivity index (χ0) is 40.9. The van der Waals surface area contributed by atoms with Gasteiger partial charge in [-0.25, -0.2) is 0 Å². The van der Waals surface area contributed by atoms with E-state index in [9.17, 15) is 34.6 Å². The number of ether oxygens (including phenoxy) is 2. The summed E-state index contributed by atoms with van der Waals surface area (Å²) in [6.07, 6.45) is 0.932. The first-order valence-electron chi connectivity index (χ1n) is 18.9. The van der Waals surface area contributed by atoms with Gasteiger partial charge >= 0.3 is 0 Å². The number of carbonyl (C=O) groups excluding carboxylic acids is 4. The van der Waals surface area contributed by atoms with Gasteiger partial charge in [0.25, 0.3) is 5.69 Å². The summed E-state index contributed by atoms with van der Waals surface area (Å²) in [4.78, 5) is 70.8. The first kappa shape index (κ1) is 46.0. The molecule has 0 aromatic heterocycles. The molecule has 0 saturated carbocycles. The molecule has 1 aliphatic heterocycles. The van der Waals surface area contributed by atoms with Crippen molar-refractivity contribution in [2.45, 2.75) is 122 Å². The summed E-state index contributed by atoms with van der Waals surface area (Å²) < 4.78 is 11.9. The van der Waals surface area contributed by atoms with Crippen molar-refractivity contribution in [1.29, 1.82) is 5.26 Å². The lowest BCUT2D eigenvalue weighted by atomic mass is 9.89. The van der Waals surface area contributed by atoms with E-state index in [1.165, 1.54) is 26.4 Å². The number of rotatable bonds is 21. The van der Waals surface area contributed by atoms with Crippen LogP contribution in [0.15, 0.2) is 24.3 Å². The van der Waals surface area contributed by atoms with Crippen molar-refractivity contribution in [3.63, 3.8) is 0 Å². The number of nitrogens with zero attached hydrogens (tertiary/aromatic N) is 5. The first-order chi connectivity index (χ1) is 25.4. The minimum Gasteiger partial charge on any atom is -0.379 e. The fourth-order valence-corrected chi connectivity index (χ4v) is 7.25. The zero-order valence-electron chi connectivity index (χ0n) is 34.0. The van der Waals surface area contributed by atoms with Crippen molar-refractivity contribution >= 4 is 29.3 Å². The number of non-ortho nitro benzene ring substituents is 1. The summed E-state index contributed by atoms with van der Waals surface area (Å²) in [5, 5.41) is 26.6. The predicted octanol–water partition coefficient (Wildman–Crippen LogP) is 3.55. The molecular weight excluding hydrogens is 694 g/mol. The van der Waals surface area contributed by atoms with Gasteiger partial charge in [-0.05, 0) is 57.7 Å². The summed E-state index contributed by atoms with van der Waals surface area (Å²) >= 11 is 0. The number of nitrogens with one attached hydrogen (secondary N) is 2. The number of carbonyl (C=O) groups is 4. The molecule has 1 aliphatic rings. The van der Waals surface area contributed by atoms with Crippen LogP contribution in [0.4, 0.5) is 5.69 Å². The predicted molar refractivity (Wildman–Crippen MR) is 205 cm³/mol. The third-order valence-electron chi connectivity index (χ3n) is 10.9. The lowest BCUT2D eigenvalue weighted by Gasteiger charge is -2.41. The van der Waals surface area contributed by atoms with E-state index in [1.807, 2.05) is 27.7 Å². The molecule has 0 bridgehead atoms. The van der Waals surface area contributed by atoms with Gasteiger partial charge in [0.05, 0.1) is 60.1 Å². The summed E-state index contributed by atoms with van der Waals surface area (Å²) in [5.41, 5.74) is 0.545. The first-order valence-corrected chi connectivity index (χ1v) is 18.9. The summed E-state index contributed by atoms with van der Waals surface area (Å²) in [7, 11) is 8.34. The summed E-state index contributed by atoms with van der Waals surface area (Å²) in [5.74, 6) is -1.99. The van der Waals surface area contributed by atoms with Crippen LogP contribution in [0.25, 0.3) is 0 Å². The molecule has 15 heteroatoms. The number of hydrogen-bond acceptors (Lipinski definition) is 10. The number of benzene rings is 1. The number of likely N-dealkylation sites (tertiary alicyclic amines) is 1. The molecular formula is C39H63N7O8. The molecule has 1 saturated heterocycles. The van der Waals surface area contributed by atoms with E-state index in [4.69, 9.17) is 9.47 Å². The van der Waals surface area contributed by atoms with Gasteiger partial charge in [-0.2, -0.15) is 5.26 Å². The van der Waals surface area contributed by atoms with Gasteiger partial charge in [0.1, 0.15) is 6.04 Å². The van der Waals surface area contributed by atoms with Crippen LogP contribution in [0, 0.1) is 39.2 Å². The smallest absolute Gasteiger partial charge is 0.269 e. The van der Waals surface area contributed by atoms with Gasteiger partial charge in [0.2, 0.25) is 23.6 Å². The molecule has 302 valence electrons. The fourth-order valence-electron chi connectivity index (χ4n) is 7.25. The van der Waals surface area contributed by atoms with Crippen LogP contribution in [0.2, 0.25) is 0 Å². The van der Waals surface area contributed by atoms with E-state index in [0.717, 1.165) is 0 Å². The quantitative estimate of drug-likeness (QED) is 0.139. The Morgan fingerprint density at radius 2 is 1.72 bits per heavy atom. The maximum atomic E-state index is 14.2. The molecule has 15 nitrogen and oxygen atoms in total. The minimum atomic E-state index is -0.776. The van der Waals surface area contributed by atoms with Crippen molar-refractivity contribution in [1.82, 2.24) is 25.3 Å². The van der Waals surface area contributed by atoms with E-state index < -0.39 is 53.3 Å².